The van der Waals surface area contributed by atoms with Crippen molar-refractivity contribution in [3.63, 3.8) is 0 Å². The van der Waals surface area contributed by atoms with E-state index in [-0.39, 0.29) is 5.54 Å². The number of nitrogens with zero attached hydrogens (tertiary/aromatic N) is 1. The van der Waals surface area contributed by atoms with Gasteiger partial charge in [-0.25, -0.2) is 0 Å². The van der Waals surface area contributed by atoms with Crippen molar-refractivity contribution in [1.82, 2.24) is 0 Å². The molecule has 0 saturated heterocycles. The summed E-state index contributed by atoms with van der Waals surface area (Å²) in [5, 5.41) is 0. The Morgan fingerprint density at radius 2 is 1.79 bits per heavy atom. The third kappa shape index (κ3) is 2.49. The molecule has 0 bridgehead atoms. The summed E-state index contributed by atoms with van der Waals surface area (Å²) >= 11 is 3.42. The van der Waals surface area contributed by atoms with Crippen LogP contribution in [0.4, 0.5) is 5.69 Å². The monoisotopic (exact) mass is 256 g/mol. The maximum absolute atomic E-state index is 5.72. The van der Waals surface area contributed by atoms with E-state index in [0.29, 0.717) is 6.54 Å². The zero-order valence-corrected chi connectivity index (χ0v) is 10.5. The molecule has 0 heterocycles. The predicted molar refractivity (Wildman–Crippen MR) is 65.7 cm³/mol. The minimum absolute atomic E-state index is 0.00612. The number of likely N-dealkylation sites (N-methyl/N-ethyl adjacent to an activating group) is 1. The Morgan fingerprint density at radius 3 is 2.21 bits per heavy atom. The molecule has 2 N–H and O–H groups in total. The molecule has 0 spiro atoms. The van der Waals surface area contributed by atoms with Crippen LogP contribution in [0, 0.1) is 0 Å². The van der Waals surface area contributed by atoms with E-state index in [4.69, 9.17) is 5.73 Å². The molecule has 0 aliphatic carbocycles. The molecule has 78 valence electrons. The lowest BCUT2D eigenvalue weighted by molar-refractivity contribution is 0.498. The second-order valence-corrected chi connectivity index (χ2v) is 4.97. The number of hydrogen-bond donors (Lipinski definition) is 1. The van der Waals surface area contributed by atoms with Gasteiger partial charge in [0.25, 0.3) is 0 Å². The fourth-order valence-electron chi connectivity index (χ4n) is 1.15. The van der Waals surface area contributed by atoms with Crippen molar-refractivity contribution in [2.24, 2.45) is 5.73 Å². The molecule has 0 unspecified atom stereocenters. The van der Waals surface area contributed by atoms with E-state index in [1.807, 2.05) is 12.1 Å². The highest BCUT2D eigenvalue weighted by Crippen LogP contribution is 2.23. The van der Waals surface area contributed by atoms with Gasteiger partial charge in [0.05, 0.1) is 0 Å². The second kappa shape index (κ2) is 4.32. The number of benzene rings is 1. The van der Waals surface area contributed by atoms with Gasteiger partial charge in [-0.2, -0.15) is 0 Å². The van der Waals surface area contributed by atoms with Gasteiger partial charge in [-0.1, -0.05) is 15.9 Å². The fraction of sp³-hybridized carbons (Fsp3) is 0.455. The minimum Gasteiger partial charge on any atom is -0.368 e. The van der Waals surface area contributed by atoms with Gasteiger partial charge in [0, 0.05) is 29.3 Å². The van der Waals surface area contributed by atoms with Gasteiger partial charge in [-0.15, -0.1) is 0 Å². The topological polar surface area (TPSA) is 29.3 Å². The van der Waals surface area contributed by atoms with Crippen LogP contribution in [-0.2, 0) is 0 Å². The highest BCUT2D eigenvalue weighted by atomic mass is 79.9. The first-order valence-corrected chi connectivity index (χ1v) is 5.46. The van der Waals surface area contributed by atoms with Gasteiger partial charge in [-0.3, -0.25) is 0 Å². The second-order valence-electron chi connectivity index (χ2n) is 4.05. The highest BCUT2D eigenvalue weighted by molar-refractivity contribution is 9.10. The molecular formula is C11H17BrN2. The molecule has 0 amide bonds. The molecule has 0 aromatic heterocycles. The van der Waals surface area contributed by atoms with Crippen LogP contribution in [0.5, 0.6) is 0 Å². The van der Waals surface area contributed by atoms with Gasteiger partial charge in [0.2, 0.25) is 0 Å². The maximum atomic E-state index is 5.72. The van der Waals surface area contributed by atoms with Crippen LogP contribution >= 0.6 is 15.9 Å². The molecular weight excluding hydrogens is 240 g/mol. The minimum atomic E-state index is -0.00612. The van der Waals surface area contributed by atoms with Crippen LogP contribution in [0.2, 0.25) is 0 Å². The van der Waals surface area contributed by atoms with E-state index >= 15 is 0 Å². The first-order valence-electron chi connectivity index (χ1n) is 4.67. The Hall–Kier alpha value is -0.540. The quantitative estimate of drug-likeness (QED) is 0.901. The van der Waals surface area contributed by atoms with Crippen LogP contribution in [0.1, 0.15) is 13.8 Å². The van der Waals surface area contributed by atoms with Gasteiger partial charge in [0.1, 0.15) is 0 Å². The van der Waals surface area contributed by atoms with E-state index in [1.54, 1.807) is 0 Å². The first-order chi connectivity index (χ1) is 6.47. The normalized spacial score (nSPS) is 11.5. The van der Waals surface area contributed by atoms with Crippen LogP contribution in [0.25, 0.3) is 0 Å². The SMILES string of the molecule is CN(c1ccc(Br)cc1)C(C)(C)CN. The van der Waals surface area contributed by atoms with Crippen molar-refractivity contribution in [3.8, 4) is 0 Å². The Bertz CT molecular complexity index is 293. The molecule has 0 atom stereocenters. The van der Waals surface area contributed by atoms with Crippen molar-refractivity contribution in [2.45, 2.75) is 19.4 Å². The van der Waals surface area contributed by atoms with E-state index in [9.17, 15) is 0 Å². The summed E-state index contributed by atoms with van der Waals surface area (Å²) in [7, 11) is 2.07. The molecule has 0 radical (unpaired) electrons. The molecule has 0 aliphatic heterocycles. The van der Waals surface area contributed by atoms with Gasteiger partial charge in [0.15, 0.2) is 0 Å². The lowest BCUT2D eigenvalue weighted by Gasteiger charge is -2.36. The van der Waals surface area contributed by atoms with Crippen LogP contribution < -0.4 is 10.6 Å². The van der Waals surface area contributed by atoms with Gasteiger partial charge < -0.3 is 10.6 Å². The largest absolute Gasteiger partial charge is 0.368 e. The third-order valence-electron chi connectivity index (χ3n) is 2.62. The van der Waals surface area contributed by atoms with E-state index in [0.717, 1.165) is 4.47 Å². The molecule has 0 aliphatic rings. The predicted octanol–water partition coefficient (Wildman–Crippen LogP) is 2.62. The molecule has 1 aromatic carbocycles. The maximum Gasteiger partial charge on any atom is 0.0464 e. The summed E-state index contributed by atoms with van der Waals surface area (Å²) < 4.78 is 1.10. The van der Waals surface area contributed by atoms with Crippen molar-refractivity contribution in [1.29, 1.82) is 0 Å². The lowest BCUT2D eigenvalue weighted by Crippen LogP contribution is -2.47. The number of hydrogen-bond acceptors (Lipinski definition) is 2. The highest BCUT2D eigenvalue weighted by Gasteiger charge is 2.21. The molecule has 2 nitrogen and oxygen atoms in total. The molecule has 1 aromatic rings. The standard InChI is InChI=1S/C11H17BrN2/c1-11(2,8-13)14(3)10-6-4-9(12)5-7-10/h4-7H,8,13H2,1-3H3. The zero-order chi connectivity index (χ0) is 10.8. The summed E-state index contributed by atoms with van der Waals surface area (Å²) in [5.74, 6) is 0. The molecule has 0 fully saturated rings. The fourth-order valence-corrected chi connectivity index (χ4v) is 1.42. The number of rotatable bonds is 3. The number of anilines is 1. The summed E-state index contributed by atoms with van der Waals surface area (Å²) in [5.41, 5.74) is 6.90. The van der Waals surface area contributed by atoms with E-state index < -0.39 is 0 Å². The lowest BCUT2D eigenvalue weighted by atomic mass is 10.0. The van der Waals surface area contributed by atoms with Crippen molar-refractivity contribution in [3.05, 3.63) is 28.7 Å². The van der Waals surface area contributed by atoms with Crippen LogP contribution in [0.3, 0.4) is 0 Å². The molecule has 3 heteroatoms. The summed E-state index contributed by atoms with van der Waals surface area (Å²) in [4.78, 5) is 2.19. The Kier molecular flexibility index (Phi) is 3.56. The summed E-state index contributed by atoms with van der Waals surface area (Å²) in [6.45, 7) is 4.91. The number of halogens is 1. The average Bonchev–Trinajstić information content (AvgIpc) is 2.18. The van der Waals surface area contributed by atoms with E-state index in [2.05, 4.69) is 53.9 Å². The van der Waals surface area contributed by atoms with E-state index in [1.165, 1.54) is 5.69 Å². The van der Waals surface area contributed by atoms with Crippen molar-refractivity contribution < 1.29 is 0 Å². The van der Waals surface area contributed by atoms with Gasteiger partial charge >= 0.3 is 0 Å². The summed E-state index contributed by atoms with van der Waals surface area (Å²) in [6.07, 6.45) is 0. The first kappa shape index (κ1) is 11.5. The summed E-state index contributed by atoms with van der Waals surface area (Å²) in [6, 6.07) is 8.25. The van der Waals surface area contributed by atoms with Crippen LogP contribution in [-0.4, -0.2) is 19.1 Å². The van der Waals surface area contributed by atoms with Gasteiger partial charge in [-0.05, 0) is 38.1 Å². The van der Waals surface area contributed by atoms with Crippen molar-refractivity contribution in [2.75, 3.05) is 18.5 Å². The van der Waals surface area contributed by atoms with Crippen LogP contribution in [0.15, 0.2) is 28.7 Å². The Labute approximate surface area is 94.2 Å². The molecule has 0 saturated carbocycles. The smallest absolute Gasteiger partial charge is 0.0464 e. The molecule has 14 heavy (non-hydrogen) atoms. The third-order valence-corrected chi connectivity index (χ3v) is 3.15. The Balaban J connectivity index is 2.89. The average molecular weight is 257 g/mol. The molecule has 1 rings (SSSR count). The van der Waals surface area contributed by atoms with Crippen molar-refractivity contribution >= 4 is 21.6 Å². The zero-order valence-electron chi connectivity index (χ0n) is 8.92. The Morgan fingerprint density at radius 1 is 1.29 bits per heavy atom. The number of nitrogens with two attached hydrogens (primary N) is 1.